The van der Waals surface area contributed by atoms with Gasteiger partial charge in [0.05, 0.1) is 0 Å². The maximum atomic E-state index is 12.6. The summed E-state index contributed by atoms with van der Waals surface area (Å²) in [4.78, 5) is 5.70. The summed E-state index contributed by atoms with van der Waals surface area (Å²) in [5, 5.41) is 6.80. The lowest BCUT2D eigenvalue weighted by atomic mass is 10.2. The highest BCUT2D eigenvalue weighted by atomic mass is 32.2. The highest BCUT2D eigenvalue weighted by Gasteiger charge is 2.23. The zero-order valence-corrected chi connectivity index (χ0v) is 17.8. The Morgan fingerprint density at radius 3 is 2.54 bits per heavy atom. The summed E-state index contributed by atoms with van der Waals surface area (Å²) >= 11 is 1.36. The molecule has 6 nitrogen and oxygen atoms in total. The molecule has 1 aromatic heterocycles. The van der Waals surface area contributed by atoms with Crippen molar-refractivity contribution < 1.29 is 8.42 Å². The molecule has 2 rings (SSSR count). The number of rotatable bonds is 9. The van der Waals surface area contributed by atoms with Crippen LogP contribution in [-0.4, -0.2) is 50.9 Å². The molecule has 0 aromatic carbocycles. The van der Waals surface area contributed by atoms with E-state index in [0.717, 1.165) is 23.8 Å². The number of nitrogens with zero attached hydrogens (tertiary/aromatic N) is 2. The summed E-state index contributed by atoms with van der Waals surface area (Å²) in [7, 11) is -3.35. The number of aliphatic imine (C=N–C) groups is 1. The Balaban J connectivity index is 1.95. The molecule has 0 radical (unpaired) electrons. The first-order valence-corrected chi connectivity index (χ1v) is 11.9. The van der Waals surface area contributed by atoms with Crippen LogP contribution in [0.2, 0.25) is 0 Å². The molecule has 0 unspecified atom stereocenters. The van der Waals surface area contributed by atoms with Crippen LogP contribution in [-0.2, 0) is 16.4 Å². The largest absolute Gasteiger partial charge is 0.357 e. The van der Waals surface area contributed by atoms with Crippen molar-refractivity contribution >= 4 is 27.3 Å². The van der Waals surface area contributed by atoms with Crippen LogP contribution in [0.15, 0.2) is 21.3 Å². The van der Waals surface area contributed by atoms with Gasteiger partial charge < -0.3 is 10.6 Å². The second kappa shape index (κ2) is 10.3. The van der Waals surface area contributed by atoms with E-state index in [-0.39, 0.29) is 0 Å². The minimum absolute atomic E-state index is 0.427. The van der Waals surface area contributed by atoms with Crippen molar-refractivity contribution in [1.82, 2.24) is 14.9 Å². The van der Waals surface area contributed by atoms with E-state index < -0.39 is 10.0 Å². The number of nitrogens with one attached hydrogen (secondary N) is 2. The van der Waals surface area contributed by atoms with Crippen LogP contribution in [0.4, 0.5) is 0 Å². The third-order valence-corrected chi connectivity index (χ3v) is 8.27. The first-order chi connectivity index (χ1) is 12.5. The monoisotopic (exact) mass is 400 g/mol. The lowest BCUT2D eigenvalue weighted by Crippen LogP contribution is -2.42. The molecule has 2 N–H and O–H groups in total. The molecular weight excluding hydrogens is 368 g/mol. The predicted molar refractivity (Wildman–Crippen MR) is 110 cm³/mol. The van der Waals surface area contributed by atoms with Crippen molar-refractivity contribution in [1.29, 1.82) is 0 Å². The van der Waals surface area contributed by atoms with E-state index in [1.54, 1.807) is 6.07 Å². The zero-order chi connectivity index (χ0) is 19.0. The Morgan fingerprint density at radius 2 is 1.92 bits per heavy atom. The zero-order valence-electron chi connectivity index (χ0n) is 16.1. The van der Waals surface area contributed by atoms with E-state index in [9.17, 15) is 8.42 Å². The van der Waals surface area contributed by atoms with Gasteiger partial charge in [-0.2, -0.15) is 4.31 Å². The summed E-state index contributed by atoms with van der Waals surface area (Å²) in [5.41, 5.74) is 0. The molecule has 1 fully saturated rings. The maximum Gasteiger partial charge on any atom is 0.252 e. The Labute approximate surface area is 162 Å². The molecule has 0 bridgehead atoms. The molecule has 0 saturated heterocycles. The Kier molecular flexibility index (Phi) is 8.37. The van der Waals surface area contributed by atoms with Gasteiger partial charge in [0, 0.05) is 43.5 Å². The fourth-order valence-corrected chi connectivity index (χ4v) is 6.14. The molecule has 0 spiro atoms. The molecule has 0 atom stereocenters. The second-order valence-electron chi connectivity index (χ2n) is 6.45. The maximum absolute atomic E-state index is 12.6. The van der Waals surface area contributed by atoms with E-state index in [1.165, 1.54) is 41.3 Å². The Bertz CT molecular complexity index is 675. The highest BCUT2D eigenvalue weighted by molar-refractivity contribution is 7.91. The molecule has 1 aromatic rings. The molecule has 1 heterocycles. The molecule has 0 amide bonds. The van der Waals surface area contributed by atoms with Crippen LogP contribution >= 0.6 is 11.3 Å². The fraction of sp³-hybridized carbons (Fsp3) is 0.722. The third-order valence-electron chi connectivity index (χ3n) is 4.60. The summed E-state index contributed by atoms with van der Waals surface area (Å²) in [5.74, 6) is 0.868. The van der Waals surface area contributed by atoms with Crippen LogP contribution < -0.4 is 10.6 Å². The van der Waals surface area contributed by atoms with Crippen LogP contribution in [0.1, 0.15) is 51.3 Å². The number of hydrogen-bond donors (Lipinski definition) is 2. The van der Waals surface area contributed by atoms with Crippen molar-refractivity contribution in [2.45, 2.75) is 63.1 Å². The van der Waals surface area contributed by atoms with Gasteiger partial charge in [-0.1, -0.05) is 26.7 Å². The van der Waals surface area contributed by atoms with Crippen LogP contribution in [0, 0.1) is 0 Å². The van der Waals surface area contributed by atoms with Crippen molar-refractivity contribution in [3.8, 4) is 0 Å². The lowest BCUT2D eigenvalue weighted by molar-refractivity contribution is 0.447. The SMILES string of the molecule is CCNC(=NCCc1ccc(S(=O)(=O)N(CC)CC)s1)NC1CCCC1. The van der Waals surface area contributed by atoms with Gasteiger partial charge in [-0.25, -0.2) is 8.42 Å². The molecule has 1 aliphatic carbocycles. The Hall–Kier alpha value is -1.12. The van der Waals surface area contributed by atoms with Gasteiger partial charge >= 0.3 is 0 Å². The quantitative estimate of drug-likeness (QED) is 0.494. The molecule has 8 heteroatoms. The Morgan fingerprint density at radius 1 is 1.23 bits per heavy atom. The van der Waals surface area contributed by atoms with E-state index in [2.05, 4.69) is 22.5 Å². The van der Waals surface area contributed by atoms with Gasteiger partial charge in [0.1, 0.15) is 4.21 Å². The van der Waals surface area contributed by atoms with Crippen molar-refractivity contribution in [2.75, 3.05) is 26.2 Å². The number of guanidine groups is 1. The van der Waals surface area contributed by atoms with Crippen LogP contribution in [0.3, 0.4) is 0 Å². The van der Waals surface area contributed by atoms with Crippen molar-refractivity contribution in [3.63, 3.8) is 0 Å². The molecular formula is C18H32N4O2S2. The molecule has 0 aliphatic heterocycles. The summed E-state index contributed by atoms with van der Waals surface area (Å²) in [6.45, 7) is 8.27. The van der Waals surface area contributed by atoms with E-state index in [0.29, 0.717) is 29.9 Å². The minimum atomic E-state index is -3.35. The number of thiophene rings is 1. The average Bonchev–Trinajstić information content (AvgIpc) is 3.28. The molecule has 1 saturated carbocycles. The van der Waals surface area contributed by atoms with Crippen LogP contribution in [0.25, 0.3) is 0 Å². The van der Waals surface area contributed by atoms with Gasteiger partial charge in [-0.3, -0.25) is 4.99 Å². The summed E-state index contributed by atoms with van der Waals surface area (Å²) in [6, 6.07) is 4.16. The molecule has 26 heavy (non-hydrogen) atoms. The summed E-state index contributed by atoms with van der Waals surface area (Å²) in [6.07, 6.45) is 5.75. The number of hydrogen-bond acceptors (Lipinski definition) is 4. The van der Waals surface area contributed by atoms with Gasteiger partial charge in [-0.05, 0) is 31.9 Å². The van der Waals surface area contributed by atoms with E-state index in [4.69, 9.17) is 0 Å². The van der Waals surface area contributed by atoms with Crippen LogP contribution in [0.5, 0.6) is 0 Å². The van der Waals surface area contributed by atoms with Crippen molar-refractivity contribution in [3.05, 3.63) is 17.0 Å². The lowest BCUT2D eigenvalue weighted by Gasteiger charge is -2.17. The van der Waals surface area contributed by atoms with E-state index in [1.807, 2.05) is 19.9 Å². The standard InChI is InChI=1S/C18H32N4O2S2/c1-4-19-18(21-15-9-7-8-10-15)20-14-13-16-11-12-17(25-16)26(23,24)22(5-2)6-3/h11-12,15H,4-10,13-14H2,1-3H3,(H2,19,20,21). The smallest absolute Gasteiger partial charge is 0.252 e. The van der Waals surface area contributed by atoms with Gasteiger partial charge in [0.25, 0.3) is 10.0 Å². The minimum Gasteiger partial charge on any atom is -0.357 e. The first kappa shape index (κ1) is 21.2. The third kappa shape index (κ3) is 5.69. The normalized spacial score (nSPS) is 16.4. The van der Waals surface area contributed by atoms with E-state index >= 15 is 0 Å². The highest BCUT2D eigenvalue weighted by Crippen LogP contribution is 2.25. The van der Waals surface area contributed by atoms with Gasteiger partial charge in [-0.15, -0.1) is 11.3 Å². The van der Waals surface area contributed by atoms with Gasteiger partial charge in [0.15, 0.2) is 5.96 Å². The first-order valence-electron chi connectivity index (χ1n) is 9.64. The average molecular weight is 401 g/mol. The molecule has 1 aliphatic rings. The topological polar surface area (TPSA) is 73.8 Å². The van der Waals surface area contributed by atoms with Gasteiger partial charge in [0.2, 0.25) is 0 Å². The number of sulfonamides is 1. The second-order valence-corrected chi connectivity index (χ2v) is 9.78. The predicted octanol–water partition coefficient (Wildman–Crippen LogP) is 2.82. The summed E-state index contributed by atoms with van der Waals surface area (Å²) < 4.78 is 27.0. The van der Waals surface area contributed by atoms with Crippen molar-refractivity contribution in [2.24, 2.45) is 4.99 Å². The molecule has 148 valence electrons. The fourth-order valence-electron chi connectivity index (χ4n) is 3.18.